The maximum Gasteiger partial charge on any atom is 0.340 e. The van der Waals surface area contributed by atoms with Gasteiger partial charge in [-0.2, -0.15) is 0 Å². The number of benzene rings is 2. The SMILES string of the molecule is COc1ccc(-c2cc(C(=O)N(C)C[C@@H]3C[C@H]4C(=O)N[C@@](I)(C(=O)O)[C@@H](C)/C=C\CCCCCCC(=O)N4C3)nc3cc(OC)ccc23)cc1. The van der Waals surface area contributed by atoms with Gasteiger partial charge < -0.3 is 29.7 Å². The number of fused-ring (bicyclic) bond motifs is 2. The van der Waals surface area contributed by atoms with Crippen LogP contribution in [-0.4, -0.2) is 87.5 Å². The molecule has 4 atom stereocenters. The third kappa shape index (κ3) is 8.22. The second kappa shape index (κ2) is 16.2. The zero-order valence-corrected chi connectivity index (χ0v) is 31.1. The number of rotatable bonds is 7. The minimum Gasteiger partial charge on any atom is -0.497 e. The van der Waals surface area contributed by atoms with E-state index in [1.54, 1.807) is 72.7 Å². The van der Waals surface area contributed by atoms with Gasteiger partial charge in [-0.3, -0.25) is 14.4 Å². The number of hydrogen-bond acceptors (Lipinski definition) is 7. The van der Waals surface area contributed by atoms with Crippen molar-refractivity contribution in [2.24, 2.45) is 11.8 Å². The van der Waals surface area contributed by atoms with Crippen LogP contribution in [0.1, 0.15) is 62.4 Å². The number of carbonyl (C=O) groups excluding carboxylic acids is 3. The number of nitrogens with one attached hydrogen (secondary N) is 1. The molecule has 2 N–H and O–H groups in total. The van der Waals surface area contributed by atoms with Gasteiger partial charge in [0.15, 0.2) is 3.55 Å². The van der Waals surface area contributed by atoms with Crippen molar-refractivity contribution in [2.75, 3.05) is 34.4 Å². The van der Waals surface area contributed by atoms with E-state index in [2.05, 4.69) is 5.32 Å². The molecule has 2 aromatic carbocycles. The van der Waals surface area contributed by atoms with Crippen LogP contribution in [0.4, 0.5) is 0 Å². The molecule has 1 aromatic heterocycles. The molecule has 3 amide bonds. The molecule has 12 heteroatoms. The molecule has 0 spiro atoms. The van der Waals surface area contributed by atoms with Crippen molar-refractivity contribution in [1.82, 2.24) is 20.1 Å². The molecular formula is C38H45IN4O7. The largest absolute Gasteiger partial charge is 0.497 e. The van der Waals surface area contributed by atoms with Gasteiger partial charge in [-0.05, 0) is 95.7 Å². The molecule has 5 rings (SSSR count). The highest BCUT2D eigenvalue weighted by atomic mass is 127. The average molecular weight is 797 g/mol. The Morgan fingerprint density at radius 2 is 1.74 bits per heavy atom. The number of allylic oxidation sites excluding steroid dienone is 1. The maximum atomic E-state index is 14.0. The van der Waals surface area contributed by atoms with Crippen LogP contribution in [0.15, 0.2) is 60.7 Å². The Kier molecular flexibility index (Phi) is 12.0. The van der Waals surface area contributed by atoms with Gasteiger partial charge in [-0.25, -0.2) is 9.78 Å². The fourth-order valence-corrected chi connectivity index (χ4v) is 7.27. The van der Waals surface area contributed by atoms with Gasteiger partial charge in [0, 0.05) is 43.9 Å². The first-order valence-electron chi connectivity index (χ1n) is 17.0. The van der Waals surface area contributed by atoms with Crippen LogP contribution >= 0.6 is 22.6 Å². The molecule has 3 aromatic rings. The Morgan fingerprint density at radius 3 is 2.44 bits per heavy atom. The summed E-state index contributed by atoms with van der Waals surface area (Å²) in [6.07, 6.45) is 8.76. The second-order valence-electron chi connectivity index (χ2n) is 13.2. The Labute approximate surface area is 306 Å². The molecule has 0 aliphatic carbocycles. The van der Waals surface area contributed by atoms with Crippen molar-refractivity contribution in [1.29, 1.82) is 0 Å². The van der Waals surface area contributed by atoms with E-state index in [0.29, 0.717) is 36.3 Å². The molecule has 50 heavy (non-hydrogen) atoms. The van der Waals surface area contributed by atoms with E-state index in [1.807, 2.05) is 48.6 Å². The van der Waals surface area contributed by atoms with Crippen LogP contribution in [-0.2, 0) is 14.4 Å². The highest BCUT2D eigenvalue weighted by molar-refractivity contribution is 14.1. The molecule has 2 aliphatic heterocycles. The van der Waals surface area contributed by atoms with Crippen molar-refractivity contribution < 1.29 is 33.8 Å². The zero-order valence-electron chi connectivity index (χ0n) is 29.0. The molecule has 1 fully saturated rings. The smallest absolute Gasteiger partial charge is 0.340 e. The Balaban J connectivity index is 1.40. The summed E-state index contributed by atoms with van der Waals surface area (Å²) in [5.41, 5.74) is 2.57. The van der Waals surface area contributed by atoms with Crippen LogP contribution in [0.3, 0.4) is 0 Å². The molecule has 11 nitrogen and oxygen atoms in total. The summed E-state index contributed by atoms with van der Waals surface area (Å²) in [5.74, 6) is -1.46. The Morgan fingerprint density at radius 1 is 1.04 bits per heavy atom. The normalized spacial score (nSPS) is 24.0. The predicted molar refractivity (Wildman–Crippen MR) is 199 cm³/mol. The number of carbonyl (C=O) groups is 4. The highest BCUT2D eigenvalue weighted by Crippen LogP contribution is 2.34. The molecular weight excluding hydrogens is 751 g/mol. The number of methoxy groups -OCH3 is 2. The third-order valence-corrected chi connectivity index (χ3v) is 11.4. The van der Waals surface area contributed by atoms with E-state index in [4.69, 9.17) is 14.5 Å². The van der Waals surface area contributed by atoms with Gasteiger partial charge in [0.05, 0.1) is 19.7 Å². The molecule has 1 saturated heterocycles. The van der Waals surface area contributed by atoms with Crippen LogP contribution in [0.5, 0.6) is 11.5 Å². The minimum absolute atomic E-state index is 0.133. The number of amides is 3. The van der Waals surface area contributed by atoms with Crippen molar-refractivity contribution in [3.8, 4) is 22.6 Å². The average Bonchev–Trinajstić information content (AvgIpc) is 3.54. The number of nitrogens with zero attached hydrogens (tertiary/aromatic N) is 3. The topological polar surface area (TPSA) is 138 Å². The van der Waals surface area contributed by atoms with E-state index in [0.717, 1.165) is 42.2 Å². The van der Waals surface area contributed by atoms with Crippen molar-refractivity contribution in [3.05, 3.63) is 66.4 Å². The van der Waals surface area contributed by atoms with Crippen molar-refractivity contribution in [3.63, 3.8) is 0 Å². The lowest BCUT2D eigenvalue weighted by Gasteiger charge is -2.32. The summed E-state index contributed by atoms with van der Waals surface area (Å²) in [4.78, 5) is 61.7. The van der Waals surface area contributed by atoms with Crippen molar-refractivity contribution >= 4 is 57.2 Å². The Bertz CT molecular complexity index is 1760. The molecule has 266 valence electrons. The van der Waals surface area contributed by atoms with E-state index in [-0.39, 0.29) is 36.5 Å². The lowest BCUT2D eigenvalue weighted by atomic mass is 9.98. The molecule has 0 saturated carbocycles. The summed E-state index contributed by atoms with van der Waals surface area (Å²) in [6, 6.07) is 14.1. The van der Waals surface area contributed by atoms with Crippen molar-refractivity contribution in [2.45, 2.75) is 61.5 Å². The number of alkyl halides is 1. The van der Waals surface area contributed by atoms with E-state index < -0.39 is 27.4 Å². The molecule has 3 heterocycles. The van der Waals surface area contributed by atoms with E-state index >= 15 is 0 Å². The predicted octanol–water partition coefficient (Wildman–Crippen LogP) is 6.09. The van der Waals surface area contributed by atoms with Gasteiger partial charge in [0.2, 0.25) is 11.8 Å². The number of halogens is 1. The van der Waals surface area contributed by atoms with Gasteiger partial charge >= 0.3 is 5.97 Å². The van der Waals surface area contributed by atoms with Crippen LogP contribution in [0.2, 0.25) is 0 Å². The van der Waals surface area contributed by atoms with E-state index in [1.165, 1.54) is 0 Å². The summed E-state index contributed by atoms with van der Waals surface area (Å²) < 4.78 is 9.19. The monoisotopic (exact) mass is 796 g/mol. The first-order valence-corrected chi connectivity index (χ1v) is 18.1. The lowest BCUT2D eigenvalue weighted by molar-refractivity contribution is -0.145. The molecule has 0 bridgehead atoms. The molecule has 2 aliphatic rings. The summed E-state index contributed by atoms with van der Waals surface area (Å²) >= 11 is 1.80. The Hall–Kier alpha value is -4.20. The second-order valence-corrected chi connectivity index (χ2v) is 14.9. The first-order chi connectivity index (χ1) is 23.9. The summed E-state index contributed by atoms with van der Waals surface area (Å²) in [6.45, 7) is 2.33. The van der Waals surface area contributed by atoms with Crippen LogP contribution in [0.25, 0.3) is 22.0 Å². The molecule has 0 radical (unpaired) electrons. The standard InChI is InChI=1S/C38H45IN4O7/c1-24-11-9-7-5-6-8-10-12-34(44)43-23-25(19-33(43)35(45)41-38(24,39)37(47)48)22-42(2)36(46)32-21-30(26-13-15-27(49-3)16-14-26)29-18-17-28(50-4)20-31(29)40-32/h9,11,13-18,20-21,24-25,33H,5-8,10,12,19,22-23H2,1-4H3,(H,41,45)(H,47,48)/b11-9-/t24-,25-,33-,38+/m0/s1. The number of pyridine rings is 1. The number of aromatic nitrogens is 1. The number of carboxylic acid groups (broad SMARTS) is 1. The summed E-state index contributed by atoms with van der Waals surface area (Å²) in [5, 5.41) is 13.8. The van der Waals surface area contributed by atoms with Gasteiger partial charge in [0.1, 0.15) is 23.2 Å². The highest BCUT2D eigenvalue weighted by Gasteiger charge is 2.46. The lowest BCUT2D eigenvalue weighted by Crippen LogP contribution is -2.58. The first kappa shape index (κ1) is 37.1. The minimum atomic E-state index is -1.59. The fraction of sp³-hybridized carbons (Fsp3) is 0.447. The quantitative estimate of drug-likeness (QED) is 0.127. The van der Waals surface area contributed by atoms with E-state index in [9.17, 15) is 24.3 Å². The molecule has 0 unspecified atom stereocenters. The fourth-order valence-electron chi connectivity index (χ4n) is 6.79. The zero-order chi connectivity index (χ0) is 36.0. The van der Waals surface area contributed by atoms with Crippen LogP contribution in [0, 0.1) is 11.8 Å². The third-order valence-electron chi connectivity index (χ3n) is 9.71. The van der Waals surface area contributed by atoms with Gasteiger partial charge in [-0.15, -0.1) is 0 Å². The summed E-state index contributed by atoms with van der Waals surface area (Å²) in [7, 11) is 4.88. The van der Waals surface area contributed by atoms with Gasteiger partial charge in [-0.1, -0.05) is 44.1 Å². The maximum absolute atomic E-state index is 14.0. The van der Waals surface area contributed by atoms with Gasteiger partial charge in [0.25, 0.3) is 5.91 Å². The number of aliphatic carboxylic acids is 1. The number of ether oxygens (including phenoxy) is 2. The van der Waals surface area contributed by atoms with Crippen LogP contribution < -0.4 is 14.8 Å². The number of hydrogen-bond donors (Lipinski definition) is 2. The number of carboxylic acids is 1.